The number of nitrogens with zero attached hydrogens (tertiary/aromatic N) is 3. The molecule has 3 aromatic rings. The average Bonchev–Trinajstić information content (AvgIpc) is 3.02. The molecule has 0 saturated carbocycles. The quantitative estimate of drug-likeness (QED) is 0.514. The topological polar surface area (TPSA) is 39.9 Å². The molecule has 0 aliphatic rings. The zero-order valence-electron chi connectivity index (χ0n) is 14.6. The summed E-state index contributed by atoms with van der Waals surface area (Å²) < 4.78 is 20.9. The van der Waals surface area contributed by atoms with Crippen LogP contribution in [-0.4, -0.2) is 14.8 Å². The maximum atomic E-state index is 13.0. The lowest BCUT2D eigenvalue weighted by Crippen LogP contribution is -2.07. The number of hydrogen-bond donors (Lipinski definition) is 0. The summed E-state index contributed by atoms with van der Waals surface area (Å²) in [6.45, 7) is 5.08. The summed E-state index contributed by atoms with van der Waals surface area (Å²) in [7, 11) is 0. The molecule has 1 aromatic heterocycles. The van der Waals surface area contributed by atoms with Crippen molar-refractivity contribution in [3.05, 3.63) is 70.3 Å². The third kappa shape index (κ3) is 4.56. The molecule has 0 N–H and O–H groups in total. The van der Waals surface area contributed by atoms with Crippen LogP contribution in [0.3, 0.4) is 0 Å². The molecule has 2 aromatic carbocycles. The van der Waals surface area contributed by atoms with Crippen molar-refractivity contribution >= 4 is 23.4 Å². The smallest absolute Gasteiger partial charge is 0.191 e. The van der Waals surface area contributed by atoms with Gasteiger partial charge in [-0.1, -0.05) is 35.5 Å². The largest absolute Gasteiger partial charge is 0.485 e. The normalized spacial score (nSPS) is 10.9. The molecule has 0 unspecified atom stereocenters. The van der Waals surface area contributed by atoms with Crippen LogP contribution in [0.1, 0.15) is 23.9 Å². The van der Waals surface area contributed by atoms with E-state index in [0.29, 0.717) is 17.4 Å². The molecule has 7 heteroatoms. The van der Waals surface area contributed by atoms with Crippen molar-refractivity contribution in [3.8, 4) is 5.75 Å². The van der Waals surface area contributed by atoms with Gasteiger partial charge in [-0.05, 0) is 55.3 Å². The highest BCUT2D eigenvalue weighted by Crippen LogP contribution is 2.25. The second kappa shape index (κ2) is 8.56. The Morgan fingerprint density at radius 3 is 2.62 bits per heavy atom. The highest BCUT2D eigenvalue weighted by molar-refractivity contribution is 7.98. The summed E-state index contributed by atoms with van der Waals surface area (Å²) in [5, 5.41) is 10.0. The highest BCUT2D eigenvalue weighted by Gasteiger charge is 2.13. The van der Waals surface area contributed by atoms with Crippen LogP contribution in [0.4, 0.5) is 4.39 Å². The van der Waals surface area contributed by atoms with Gasteiger partial charge in [0.05, 0.1) is 0 Å². The van der Waals surface area contributed by atoms with Gasteiger partial charge in [-0.2, -0.15) is 0 Å². The van der Waals surface area contributed by atoms with E-state index < -0.39 is 0 Å². The first-order valence-corrected chi connectivity index (χ1v) is 9.61. The van der Waals surface area contributed by atoms with Crippen molar-refractivity contribution in [2.45, 2.75) is 37.9 Å². The van der Waals surface area contributed by atoms with E-state index in [-0.39, 0.29) is 5.82 Å². The highest BCUT2D eigenvalue weighted by atomic mass is 35.5. The molecule has 0 radical (unpaired) electrons. The lowest BCUT2D eigenvalue weighted by molar-refractivity contribution is 0.286. The first-order valence-electron chi connectivity index (χ1n) is 8.25. The Hall–Kier alpha value is -2.05. The van der Waals surface area contributed by atoms with Crippen LogP contribution in [-0.2, 0) is 18.9 Å². The SMILES string of the molecule is CCn1c(COc2ccc(Cl)cc2C)nnc1SCc1ccc(F)cc1. The van der Waals surface area contributed by atoms with Gasteiger partial charge < -0.3 is 9.30 Å². The number of aryl methyl sites for hydroxylation is 1. The van der Waals surface area contributed by atoms with E-state index in [9.17, 15) is 4.39 Å². The zero-order valence-corrected chi connectivity index (χ0v) is 16.1. The number of aromatic nitrogens is 3. The van der Waals surface area contributed by atoms with Crippen LogP contribution in [0.25, 0.3) is 0 Å². The second-order valence-electron chi connectivity index (χ2n) is 5.76. The van der Waals surface area contributed by atoms with Gasteiger partial charge in [0.15, 0.2) is 11.0 Å². The van der Waals surface area contributed by atoms with E-state index in [1.54, 1.807) is 30.0 Å². The molecule has 136 valence electrons. The van der Waals surface area contributed by atoms with Gasteiger partial charge in [0, 0.05) is 17.3 Å². The fourth-order valence-corrected chi connectivity index (χ4v) is 3.70. The van der Waals surface area contributed by atoms with Crippen LogP contribution in [0.15, 0.2) is 47.6 Å². The Bertz CT molecular complexity index is 883. The number of benzene rings is 2. The maximum absolute atomic E-state index is 13.0. The molecule has 0 saturated heterocycles. The summed E-state index contributed by atoms with van der Waals surface area (Å²) >= 11 is 7.55. The maximum Gasteiger partial charge on any atom is 0.191 e. The van der Waals surface area contributed by atoms with Gasteiger partial charge in [-0.15, -0.1) is 10.2 Å². The van der Waals surface area contributed by atoms with E-state index in [1.807, 2.05) is 30.5 Å². The van der Waals surface area contributed by atoms with Gasteiger partial charge in [0.2, 0.25) is 0 Å². The predicted octanol–water partition coefficient (Wildman–Crippen LogP) is 5.27. The average molecular weight is 392 g/mol. The Morgan fingerprint density at radius 2 is 1.92 bits per heavy atom. The molecule has 0 atom stereocenters. The van der Waals surface area contributed by atoms with Gasteiger partial charge in [-0.3, -0.25) is 0 Å². The molecule has 0 spiro atoms. The van der Waals surface area contributed by atoms with E-state index in [0.717, 1.165) is 34.4 Å². The van der Waals surface area contributed by atoms with E-state index >= 15 is 0 Å². The van der Waals surface area contributed by atoms with E-state index in [1.165, 1.54) is 12.1 Å². The molecule has 0 fully saturated rings. The summed E-state index contributed by atoms with van der Waals surface area (Å²) in [4.78, 5) is 0. The van der Waals surface area contributed by atoms with Gasteiger partial charge >= 0.3 is 0 Å². The molecule has 3 rings (SSSR count). The lowest BCUT2D eigenvalue weighted by atomic mass is 10.2. The van der Waals surface area contributed by atoms with Crippen molar-refractivity contribution in [1.82, 2.24) is 14.8 Å². The minimum atomic E-state index is -0.229. The third-order valence-electron chi connectivity index (χ3n) is 3.88. The molecule has 4 nitrogen and oxygen atoms in total. The van der Waals surface area contributed by atoms with Crippen LogP contribution in [0, 0.1) is 12.7 Å². The Kier molecular flexibility index (Phi) is 6.16. The summed E-state index contributed by atoms with van der Waals surface area (Å²) in [5.74, 6) is 2.02. The van der Waals surface area contributed by atoms with E-state index in [4.69, 9.17) is 16.3 Å². The van der Waals surface area contributed by atoms with Crippen molar-refractivity contribution in [3.63, 3.8) is 0 Å². The minimum Gasteiger partial charge on any atom is -0.485 e. The molecule has 0 bridgehead atoms. The monoisotopic (exact) mass is 391 g/mol. The van der Waals surface area contributed by atoms with Crippen molar-refractivity contribution in [2.24, 2.45) is 0 Å². The first kappa shape index (κ1) is 18.7. The van der Waals surface area contributed by atoms with Crippen LogP contribution in [0.2, 0.25) is 5.02 Å². The predicted molar refractivity (Wildman–Crippen MR) is 102 cm³/mol. The molecule has 1 heterocycles. The third-order valence-corrected chi connectivity index (χ3v) is 5.16. The number of ether oxygens (including phenoxy) is 1. The molecular weight excluding hydrogens is 373 g/mol. The molecule has 0 amide bonds. The Morgan fingerprint density at radius 1 is 1.15 bits per heavy atom. The van der Waals surface area contributed by atoms with E-state index in [2.05, 4.69) is 10.2 Å². The molecule has 0 aliphatic carbocycles. The van der Waals surface area contributed by atoms with Gasteiger partial charge in [0.1, 0.15) is 18.2 Å². The van der Waals surface area contributed by atoms with Gasteiger partial charge in [-0.25, -0.2) is 4.39 Å². The van der Waals surface area contributed by atoms with Crippen LogP contribution < -0.4 is 4.74 Å². The minimum absolute atomic E-state index is 0.229. The van der Waals surface area contributed by atoms with Crippen molar-refractivity contribution in [1.29, 1.82) is 0 Å². The fraction of sp³-hybridized carbons (Fsp3) is 0.263. The molecular formula is C19H19ClFN3OS. The second-order valence-corrected chi connectivity index (χ2v) is 7.14. The number of rotatable bonds is 7. The zero-order chi connectivity index (χ0) is 18.5. The number of hydrogen-bond acceptors (Lipinski definition) is 4. The van der Waals surface area contributed by atoms with Crippen molar-refractivity contribution < 1.29 is 9.13 Å². The molecule has 0 aliphatic heterocycles. The Labute approximate surface area is 161 Å². The number of thioether (sulfide) groups is 1. The van der Waals surface area contributed by atoms with Crippen LogP contribution >= 0.6 is 23.4 Å². The Balaban J connectivity index is 1.66. The lowest BCUT2D eigenvalue weighted by Gasteiger charge is -2.10. The molecule has 26 heavy (non-hydrogen) atoms. The van der Waals surface area contributed by atoms with Crippen molar-refractivity contribution in [2.75, 3.05) is 0 Å². The fourth-order valence-electron chi connectivity index (χ4n) is 2.50. The summed E-state index contributed by atoms with van der Waals surface area (Å²) in [6.07, 6.45) is 0. The summed E-state index contributed by atoms with van der Waals surface area (Å²) in [6, 6.07) is 12.0. The van der Waals surface area contributed by atoms with Gasteiger partial charge in [0.25, 0.3) is 0 Å². The standard InChI is InChI=1S/C19H19ClFN3OS/c1-3-24-18(11-25-17-9-6-15(20)10-13(17)2)22-23-19(24)26-12-14-4-7-16(21)8-5-14/h4-10H,3,11-12H2,1-2H3. The van der Waals surface area contributed by atoms with Crippen LogP contribution in [0.5, 0.6) is 5.75 Å². The summed E-state index contributed by atoms with van der Waals surface area (Å²) in [5.41, 5.74) is 2.02. The number of halogens is 2. The first-order chi connectivity index (χ1) is 12.6.